The highest BCUT2D eigenvalue weighted by Crippen LogP contribution is 2.26. The van der Waals surface area contributed by atoms with Gasteiger partial charge in [0, 0.05) is 12.0 Å². The Kier molecular flexibility index (Phi) is 3.95. The van der Waals surface area contributed by atoms with E-state index in [0.717, 1.165) is 16.3 Å². The molecule has 0 unspecified atom stereocenters. The quantitative estimate of drug-likeness (QED) is 0.762. The summed E-state index contributed by atoms with van der Waals surface area (Å²) in [6, 6.07) is 9.88. The van der Waals surface area contributed by atoms with E-state index in [0.29, 0.717) is 12.4 Å². The van der Waals surface area contributed by atoms with Crippen molar-refractivity contribution in [2.45, 2.75) is 16.8 Å². The summed E-state index contributed by atoms with van der Waals surface area (Å²) in [5, 5.41) is 0.750. The van der Waals surface area contributed by atoms with Crippen LogP contribution in [-0.2, 0) is 11.5 Å². The zero-order chi connectivity index (χ0) is 12.1. The van der Waals surface area contributed by atoms with E-state index >= 15 is 0 Å². The van der Waals surface area contributed by atoms with Gasteiger partial charge in [-0.1, -0.05) is 30.0 Å². The number of rotatable bonds is 5. The van der Waals surface area contributed by atoms with Gasteiger partial charge in [-0.25, -0.2) is 4.98 Å². The summed E-state index contributed by atoms with van der Waals surface area (Å²) >= 11 is 1.50. The monoisotopic (exact) mass is 248 g/mol. The number of carbonyl (C=O) groups is 1. The molecular weight excluding hydrogens is 236 g/mol. The normalized spacial score (nSPS) is 10.4. The first-order valence-electron chi connectivity index (χ1n) is 5.07. The van der Waals surface area contributed by atoms with Gasteiger partial charge >= 0.3 is 0 Å². The number of aldehydes is 1. The van der Waals surface area contributed by atoms with E-state index < -0.39 is 0 Å². The second kappa shape index (κ2) is 5.65. The Morgan fingerprint density at radius 3 is 2.82 bits per heavy atom. The van der Waals surface area contributed by atoms with Gasteiger partial charge in [-0.05, 0) is 12.1 Å². The SMILES string of the molecule is COCn1c(C=O)cnc1Sc1ccccc1. The standard InChI is InChI=1S/C12H12N2O2S/c1-16-9-14-10(8-15)7-13-12(14)17-11-5-3-2-4-6-11/h2-8H,9H2,1H3. The van der Waals surface area contributed by atoms with Crippen molar-refractivity contribution in [2.24, 2.45) is 0 Å². The Labute approximate surface area is 104 Å². The van der Waals surface area contributed by atoms with Crippen molar-refractivity contribution in [2.75, 3.05) is 7.11 Å². The van der Waals surface area contributed by atoms with Gasteiger partial charge in [0.05, 0.1) is 6.20 Å². The number of hydrogen-bond acceptors (Lipinski definition) is 4. The number of benzene rings is 1. The fourth-order valence-electron chi connectivity index (χ4n) is 1.40. The Bertz CT molecular complexity index is 496. The molecule has 1 heterocycles. The van der Waals surface area contributed by atoms with Crippen LogP contribution >= 0.6 is 11.8 Å². The fraction of sp³-hybridized carbons (Fsp3) is 0.167. The molecule has 1 aromatic carbocycles. The third-order valence-electron chi connectivity index (χ3n) is 2.18. The molecule has 0 fully saturated rings. The third kappa shape index (κ3) is 2.75. The fourth-order valence-corrected chi connectivity index (χ4v) is 2.28. The molecule has 0 radical (unpaired) electrons. The number of hydrogen-bond donors (Lipinski definition) is 0. The van der Waals surface area contributed by atoms with Crippen LogP contribution < -0.4 is 0 Å². The zero-order valence-corrected chi connectivity index (χ0v) is 10.2. The molecule has 88 valence electrons. The smallest absolute Gasteiger partial charge is 0.175 e. The summed E-state index contributed by atoms with van der Waals surface area (Å²) in [4.78, 5) is 16.1. The molecule has 0 aliphatic rings. The molecule has 1 aromatic heterocycles. The molecule has 0 amide bonds. The number of nitrogens with zero attached hydrogens (tertiary/aromatic N) is 2. The van der Waals surface area contributed by atoms with Crippen molar-refractivity contribution in [3.8, 4) is 0 Å². The molecule has 5 heteroatoms. The van der Waals surface area contributed by atoms with Crippen LogP contribution in [0.3, 0.4) is 0 Å². The highest BCUT2D eigenvalue weighted by Gasteiger charge is 2.10. The molecule has 17 heavy (non-hydrogen) atoms. The van der Waals surface area contributed by atoms with E-state index in [-0.39, 0.29) is 0 Å². The summed E-state index contributed by atoms with van der Waals surface area (Å²) in [5.74, 6) is 0. The molecule has 0 spiro atoms. The molecule has 4 nitrogen and oxygen atoms in total. The predicted molar refractivity (Wildman–Crippen MR) is 65.2 cm³/mol. The molecule has 0 N–H and O–H groups in total. The lowest BCUT2D eigenvalue weighted by Gasteiger charge is -2.07. The molecule has 0 aliphatic carbocycles. The summed E-state index contributed by atoms with van der Waals surface area (Å²) < 4.78 is 6.80. The topological polar surface area (TPSA) is 44.1 Å². The van der Waals surface area contributed by atoms with Gasteiger partial charge < -0.3 is 4.74 Å². The lowest BCUT2D eigenvalue weighted by molar-refractivity contribution is 0.105. The van der Waals surface area contributed by atoms with Gasteiger partial charge in [0.1, 0.15) is 12.4 Å². The number of ether oxygens (including phenoxy) is 1. The van der Waals surface area contributed by atoms with Gasteiger partial charge in [0.15, 0.2) is 11.4 Å². The Balaban J connectivity index is 2.26. The maximum Gasteiger partial charge on any atom is 0.175 e. The maximum absolute atomic E-state index is 10.8. The van der Waals surface area contributed by atoms with Crippen molar-refractivity contribution >= 4 is 18.0 Å². The average Bonchev–Trinajstić information content (AvgIpc) is 2.74. The second-order valence-electron chi connectivity index (χ2n) is 3.34. The molecule has 0 saturated heterocycles. The number of carbonyl (C=O) groups excluding carboxylic acids is 1. The molecule has 2 aromatic rings. The summed E-state index contributed by atoms with van der Waals surface area (Å²) in [5.41, 5.74) is 0.519. The molecule has 0 bridgehead atoms. The van der Waals surface area contributed by atoms with Crippen LogP contribution in [0.15, 0.2) is 46.6 Å². The van der Waals surface area contributed by atoms with Gasteiger partial charge in [0.25, 0.3) is 0 Å². The number of imidazole rings is 1. The van der Waals surface area contributed by atoms with Crippen molar-refractivity contribution in [1.29, 1.82) is 0 Å². The largest absolute Gasteiger partial charge is 0.364 e. The van der Waals surface area contributed by atoms with Crippen LogP contribution in [0, 0.1) is 0 Å². The Morgan fingerprint density at radius 2 is 2.18 bits per heavy atom. The minimum atomic E-state index is 0.323. The highest BCUT2D eigenvalue weighted by molar-refractivity contribution is 7.99. The first-order chi connectivity index (χ1) is 8.35. The number of aromatic nitrogens is 2. The molecular formula is C12H12N2O2S. The van der Waals surface area contributed by atoms with Gasteiger partial charge in [-0.3, -0.25) is 9.36 Å². The third-order valence-corrected chi connectivity index (χ3v) is 3.20. The van der Waals surface area contributed by atoms with Crippen molar-refractivity contribution in [1.82, 2.24) is 9.55 Å². The minimum Gasteiger partial charge on any atom is -0.364 e. The lowest BCUT2D eigenvalue weighted by Crippen LogP contribution is -2.05. The van der Waals surface area contributed by atoms with Crippen LogP contribution in [0.5, 0.6) is 0 Å². The van der Waals surface area contributed by atoms with Crippen LogP contribution in [0.25, 0.3) is 0 Å². The average molecular weight is 248 g/mol. The van der Waals surface area contributed by atoms with Crippen LogP contribution in [0.1, 0.15) is 10.5 Å². The molecule has 0 saturated carbocycles. The van der Waals surface area contributed by atoms with Gasteiger partial charge in [0.2, 0.25) is 0 Å². The highest BCUT2D eigenvalue weighted by atomic mass is 32.2. The summed E-state index contributed by atoms with van der Waals surface area (Å²) in [6.45, 7) is 0.323. The van der Waals surface area contributed by atoms with E-state index in [2.05, 4.69) is 4.98 Å². The molecule has 0 atom stereocenters. The molecule has 2 rings (SSSR count). The van der Waals surface area contributed by atoms with E-state index in [1.54, 1.807) is 17.9 Å². The van der Waals surface area contributed by atoms with Crippen molar-refractivity contribution in [3.63, 3.8) is 0 Å². The first kappa shape index (κ1) is 11.9. The van der Waals surface area contributed by atoms with Crippen LogP contribution in [0.2, 0.25) is 0 Å². The van der Waals surface area contributed by atoms with E-state index in [9.17, 15) is 4.79 Å². The number of methoxy groups -OCH3 is 1. The Morgan fingerprint density at radius 1 is 1.41 bits per heavy atom. The van der Waals surface area contributed by atoms with Crippen LogP contribution in [0.4, 0.5) is 0 Å². The van der Waals surface area contributed by atoms with E-state index in [1.807, 2.05) is 30.3 Å². The summed E-state index contributed by atoms with van der Waals surface area (Å²) in [7, 11) is 1.59. The Hall–Kier alpha value is -1.59. The maximum atomic E-state index is 10.8. The lowest BCUT2D eigenvalue weighted by atomic mass is 10.4. The van der Waals surface area contributed by atoms with Gasteiger partial charge in [-0.2, -0.15) is 0 Å². The summed E-state index contributed by atoms with van der Waals surface area (Å²) in [6.07, 6.45) is 2.33. The second-order valence-corrected chi connectivity index (χ2v) is 4.39. The zero-order valence-electron chi connectivity index (χ0n) is 9.37. The van der Waals surface area contributed by atoms with E-state index in [1.165, 1.54) is 11.8 Å². The predicted octanol–water partition coefficient (Wildman–Crippen LogP) is 2.45. The van der Waals surface area contributed by atoms with Crippen molar-refractivity contribution in [3.05, 3.63) is 42.2 Å². The van der Waals surface area contributed by atoms with E-state index in [4.69, 9.17) is 4.74 Å². The minimum absolute atomic E-state index is 0.323. The van der Waals surface area contributed by atoms with Gasteiger partial charge in [-0.15, -0.1) is 0 Å². The van der Waals surface area contributed by atoms with Crippen molar-refractivity contribution < 1.29 is 9.53 Å². The van der Waals surface area contributed by atoms with Crippen LogP contribution in [-0.4, -0.2) is 22.9 Å². The molecule has 0 aliphatic heterocycles. The first-order valence-corrected chi connectivity index (χ1v) is 5.89.